The number of rotatable bonds is 2. The van der Waals surface area contributed by atoms with Gasteiger partial charge in [-0.3, -0.25) is 4.79 Å². The van der Waals surface area contributed by atoms with E-state index in [2.05, 4.69) is 0 Å². The van der Waals surface area contributed by atoms with Crippen LogP contribution < -0.4 is 5.73 Å². The van der Waals surface area contributed by atoms with E-state index in [4.69, 9.17) is 25.8 Å². The standard InChI is InChI=1S/C8H11NO2.C2H4O2/c9-4-3-6-1-2-7(10)8(11)5-6;1-2(3)4/h1-2,5,10-11H,3-4,9H2;1H3,(H,3,4). The highest BCUT2D eigenvalue weighted by Crippen LogP contribution is 2.24. The molecule has 0 bridgehead atoms. The second kappa shape index (κ2) is 6.67. The third-order valence-corrected chi connectivity index (χ3v) is 1.47. The highest BCUT2D eigenvalue weighted by atomic mass is 16.4. The van der Waals surface area contributed by atoms with Gasteiger partial charge in [-0.1, -0.05) is 6.07 Å². The largest absolute Gasteiger partial charge is 0.504 e. The van der Waals surface area contributed by atoms with Crippen LogP contribution in [0.3, 0.4) is 0 Å². The molecule has 84 valence electrons. The summed E-state index contributed by atoms with van der Waals surface area (Å²) in [6, 6.07) is 4.71. The molecule has 0 saturated heterocycles. The van der Waals surface area contributed by atoms with E-state index in [-0.39, 0.29) is 11.5 Å². The normalized spacial score (nSPS) is 8.93. The number of hydrogen-bond acceptors (Lipinski definition) is 4. The van der Waals surface area contributed by atoms with Gasteiger partial charge in [0, 0.05) is 6.92 Å². The Morgan fingerprint density at radius 2 is 1.87 bits per heavy atom. The fourth-order valence-electron chi connectivity index (χ4n) is 0.891. The molecule has 15 heavy (non-hydrogen) atoms. The Bertz CT molecular complexity index is 321. The van der Waals surface area contributed by atoms with Crippen molar-refractivity contribution in [1.82, 2.24) is 0 Å². The zero-order valence-electron chi connectivity index (χ0n) is 8.47. The van der Waals surface area contributed by atoms with Crippen LogP contribution in [-0.2, 0) is 11.2 Å². The number of phenolic OH excluding ortho intramolecular Hbond substituents is 2. The fraction of sp³-hybridized carbons (Fsp3) is 0.300. The molecule has 5 heteroatoms. The SMILES string of the molecule is CC(=O)O.NCCc1ccc(O)c(O)c1. The van der Waals surface area contributed by atoms with Gasteiger partial charge in [0.2, 0.25) is 0 Å². The van der Waals surface area contributed by atoms with E-state index in [9.17, 15) is 0 Å². The molecule has 5 N–H and O–H groups in total. The molecule has 1 aromatic rings. The maximum Gasteiger partial charge on any atom is 0.300 e. The van der Waals surface area contributed by atoms with Crippen molar-refractivity contribution in [3.63, 3.8) is 0 Å². The lowest BCUT2D eigenvalue weighted by atomic mass is 10.1. The number of phenols is 2. The number of aromatic hydroxyl groups is 2. The average molecular weight is 213 g/mol. The van der Waals surface area contributed by atoms with Crippen molar-refractivity contribution in [2.75, 3.05) is 6.54 Å². The maximum atomic E-state index is 9.04. The smallest absolute Gasteiger partial charge is 0.300 e. The minimum absolute atomic E-state index is 0.0871. The summed E-state index contributed by atoms with van der Waals surface area (Å²) in [5.74, 6) is -1.01. The van der Waals surface area contributed by atoms with Crippen molar-refractivity contribution in [2.45, 2.75) is 13.3 Å². The molecule has 0 fully saturated rings. The number of carbonyl (C=O) groups is 1. The van der Waals surface area contributed by atoms with Gasteiger partial charge in [0.05, 0.1) is 0 Å². The fourth-order valence-corrected chi connectivity index (χ4v) is 0.891. The first-order valence-corrected chi connectivity index (χ1v) is 4.37. The molecule has 0 spiro atoms. The van der Waals surface area contributed by atoms with Crippen LogP contribution in [0.25, 0.3) is 0 Å². The molecule has 0 radical (unpaired) electrons. The molecular weight excluding hydrogens is 198 g/mol. The van der Waals surface area contributed by atoms with Crippen LogP contribution in [0.2, 0.25) is 0 Å². The number of carboxylic acids is 1. The van der Waals surface area contributed by atoms with E-state index in [1.165, 1.54) is 12.1 Å². The molecule has 0 aromatic heterocycles. The van der Waals surface area contributed by atoms with Crippen molar-refractivity contribution in [3.05, 3.63) is 23.8 Å². The highest BCUT2D eigenvalue weighted by Gasteiger charge is 1.98. The molecule has 5 nitrogen and oxygen atoms in total. The number of aliphatic carboxylic acids is 1. The van der Waals surface area contributed by atoms with E-state index in [1.807, 2.05) is 0 Å². The third-order valence-electron chi connectivity index (χ3n) is 1.47. The monoisotopic (exact) mass is 213 g/mol. The summed E-state index contributed by atoms with van der Waals surface area (Å²) in [4.78, 5) is 9.00. The summed E-state index contributed by atoms with van der Waals surface area (Å²) in [5.41, 5.74) is 6.24. The zero-order valence-corrected chi connectivity index (χ0v) is 8.47. The molecule has 0 amide bonds. The molecule has 1 rings (SSSR count). The van der Waals surface area contributed by atoms with Crippen molar-refractivity contribution in [2.24, 2.45) is 5.73 Å². The molecule has 0 heterocycles. The molecule has 0 aliphatic rings. The number of benzene rings is 1. The van der Waals surface area contributed by atoms with Gasteiger partial charge in [0.15, 0.2) is 11.5 Å². The van der Waals surface area contributed by atoms with Gasteiger partial charge in [-0.2, -0.15) is 0 Å². The minimum Gasteiger partial charge on any atom is -0.504 e. The van der Waals surface area contributed by atoms with Crippen molar-refractivity contribution < 1.29 is 20.1 Å². The summed E-state index contributed by atoms with van der Waals surface area (Å²) in [6.45, 7) is 1.63. The molecular formula is C10H15NO4. The molecule has 0 atom stereocenters. The highest BCUT2D eigenvalue weighted by molar-refractivity contribution is 5.62. The quantitative estimate of drug-likeness (QED) is 0.541. The first-order valence-electron chi connectivity index (χ1n) is 4.37. The lowest BCUT2D eigenvalue weighted by molar-refractivity contribution is -0.134. The topological polar surface area (TPSA) is 104 Å². The van der Waals surface area contributed by atoms with Gasteiger partial charge in [-0.05, 0) is 30.7 Å². The predicted octanol–water partition coefficient (Wildman–Crippen LogP) is 0.690. The Kier molecular flexibility index (Phi) is 5.89. The zero-order chi connectivity index (χ0) is 11.8. The molecule has 0 aliphatic carbocycles. The van der Waals surface area contributed by atoms with E-state index in [0.29, 0.717) is 13.0 Å². The molecule has 0 unspecified atom stereocenters. The summed E-state index contributed by atoms with van der Waals surface area (Å²) >= 11 is 0. The first kappa shape index (κ1) is 13.2. The Hall–Kier alpha value is -1.75. The van der Waals surface area contributed by atoms with Crippen LogP contribution in [0, 0.1) is 0 Å². The number of hydrogen-bond donors (Lipinski definition) is 4. The van der Waals surface area contributed by atoms with E-state index in [0.717, 1.165) is 12.5 Å². The van der Waals surface area contributed by atoms with Gasteiger partial charge in [0.25, 0.3) is 5.97 Å². The molecule has 1 aromatic carbocycles. The van der Waals surface area contributed by atoms with Crippen LogP contribution >= 0.6 is 0 Å². The van der Waals surface area contributed by atoms with Crippen molar-refractivity contribution in [1.29, 1.82) is 0 Å². The van der Waals surface area contributed by atoms with Crippen LogP contribution in [0.15, 0.2) is 18.2 Å². The summed E-state index contributed by atoms with van der Waals surface area (Å²) in [7, 11) is 0. The van der Waals surface area contributed by atoms with Crippen LogP contribution in [0.5, 0.6) is 11.5 Å². The maximum absolute atomic E-state index is 9.04. The van der Waals surface area contributed by atoms with Crippen molar-refractivity contribution >= 4 is 5.97 Å². The summed E-state index contributed by atoms with van der Waals surface area (Å²) in [6.07, 6.45) is 0.716. The Labute approximate surface area is 87.8 Å². The van der Waals surface area contributed by atoms with E-state index >= 15 is 0 Å². The van der Waals surface area contributed by atoms with Gasteiger partial charge in [0.1, 0.15) is 0 Å². The van der Waals surface area contributed by atoms with E-state index < -0.39 is 5.97 Å². The number of nitrogens with two attached hydrogens (primary N) is 1. The average Bonchev–Trinajstić information content (AvgIpc) is 2.11. The first-order chi connectivity index (χ1) is 6.97. The third kappa shape index (κ3) is 6.34. The van der Waals surface area contributed by atoms with E-state index in [1.54, 1.807) is 6.07 Å². The van der Waals surface area contributed by atoms with Gasteiger partial charge in [-0.15, -0.1) is 0 Å². The summed E-state index contributed by atoms with van der Waals surface area (Å²) in [5, 5.41) is 25.4. The lowest BCUT2D eigenvalue weighted by Gasteiger charge is -2.00. The number of carboxylic acid groups (broad SMARTS) is 1. The molecule has 0 aliphatic heterocycles. The Morgan fingerprint density at radius 3 is 2.27 bits per heavy atom. The minimum atomic E-state index is -0.833. The second-order valence-electron chi connectivity index (χ2n) is 2.88. The second-order valence-corrected chi connectivity index (χ2v) is 2.88. The lowest BCUT2D eigenvalue weighted by Crippen LogP contribution is -2.02. The molecule has 0 saturated carbocycles. The Morgan fingerprint density at radius 1 is 1.33 bits per heavy atom. The van der Waals surface area contributed by atoms with Gasteiger partial charge >= 0.3 is 0 Å². The van der Waals surface area contributed by atoms with Crippen LogP contribution in [0.4, 0.5) is 0 Å². The summed E-state index contributed by atoms with van der Waals surface area (Å²) < 4.78 is 0. The van der Waals surface area contributed by atoms with Crippen LogP contribution in [0.1, 0.15) is 12.5 Å². The Balaban J connectivity index is 0.000000423. The van der Waals surface area contributed by atoms with Crippen molar-refractivity contribution in [3.8, 4) is 11.5 Å². The predicted molar refractivity (Wildman–Crippen MR) is 55.8 cm³/mol. The van der Waals surface area contributed by atoms with Gasteiger partial charge < -0.3 is 21.1 Å². The van der Waals surface area contributed by atoms with Gasteiger partial charge in [-0.25, -0.2) is 0 Å². The van der Waals surface area contributed by atoms with Crippen LogP contribution in [-0.4, -0.2) is 27.8 Å².